The predicted octanol–water partition coefficient (Wildman–Crippen LogP) is 6.16. The second-order valence-corrected chi connectivity index (χ2v) is 9.71. The van der Waals surface area contributed by atoms with E-state index >= 15 is 0 Å². The molecule has 0 aromatic heterocycles. The van der Waals surface area contributed by atoms with E-state index in [1.54, 1.807) is 37.3 Å². The molecule has 0 radical (unpaired) electrons. The lowest BCUT2D eigenvalue weighted by Gasteiger charge is -2.22. The van der Waals surface area contributed by atoms with Crippen LogP contribution in [0, 0.1) is 6.92 Å². The minimum absolute atomic E-state index is 0.129. The standard InChI is InChI=1S/C25H22ClF3N2O5S/c1-3-35-24(32)31-30-23(19-6-4-5-16(2)15-19)22(17-7-11-20(26)12-8-17)18-9-13-21(14-10-18)36-37(33,34)25(27,28)29/h4-15,22H,3H2,1-2H3,(H,31,32). The van der Waals surface area contributed by atoms with Crippen LogP contribution in [0.1, 0.15) is 35.1 Å². The number of hydrogen-bond acceptors (Lipinski definition) is 6. The molecule has 3 aromatic rings. The van der Waals surface area contributed by atoms with Gasteiger partial charge in [-0.1, -0.05) is 65.7 Å². The highest BCUT2D eigenvalue weighted by Crippen LogP contribution is 2.33. The van der Waals surface area contributed by atoms with Crippen LogP contribution in [0.15, 0.2) is 77.9 Å². The van der Waals surface area contributed by atoms with E-state index in [0.717, 1.165) is 17.7 Å². The van der Waals surface area contributed by atoms with E-state index in [1.165, 1.54) is 12.1 Å². The summed E-state index contributed by atoms with van der Waals surface area (Å²) in [5.41, 5.74) is -0.0501. The fourth-order valence-electron chi connectivity index (χ4n) is 3.42. The Hall–Kier alpha value is -3.57. The maximum absolute atomic E-state index is 12.7. The normalized spacial score (nSPS) is 13.1. The van der Waals surface area contributed by atoms with Crippen molar-refractivity contribution in [1.82, 2.24) is 5.43 Å². The molecule has 3 aromatic carbocycles. The molecule has 1 atom stereocenters. The van der Waals surface area contributed by atoms with Crippen LogP contribution in [0.5, 0.6) is 5.75 Å². The molecule has 0 saturated heterocycles. The molecule has 0 fully saturated rings. The number of alkyl halides is 3. The van der Waals surface area contributed by atoms with Gasteiger partial charge in [-0.3, -0.25) is 0 Å². The van der Waals surface area contributed by atoms with Crippen LogP contribution in [0.2, 0.25) is 5.02 Å². The number of hydrazone groups is 1. The Morgan fingerprint density at radius 3 is 2.16 bits per heavy atom. The number of ether oxygens (including phenoxy) is 1. The minimum Gasteiger partial charge on any atom is -0.449 e. The van der Waals surface area contributed by atoms with Gasteiger partial charge in [-0.2, -0.15) is 26.7 Å². The van der Waals surface area contributed by atoms with Crippen molar-refractivity contribution < 1.29 is 35.3 Å². The zero-order valence-corrected chi connectivity index (χ0v) is 21.2. The van der Waals surface area contributed by atoms with E-state index in [4.69, 9.17) is 16.3 Å². The molecule has 1 amide bonds. The molecule has 0 bridgehead atoms. The molecular formula is C25H22ClF3N2O5S. The van der Waals surface area contributed by atoms with Gasteiger partial charge in [-0.05, 0) is 54.8 Å². The minimum atomic E-state index is -5.83. The smallest absolute Gasteiger partial charge is 0.449 e. The summed E-state index contributed by atoms with van der Waals surface area (Å²) in [5, 5.41) is 4.80. The summed E-state index contributed by atoms with van der Waals surface area (Å²) in [6, 6.07) is 19.1. The lowest BCUT2D eigenvalue weighted by molar-refractivity contribution is -0.0500. The molecule has 0 aliphatic heterocycles. The van der Waals surface area contributed by atoms with Crippen LogP contribution < -0.4 is 9.61 Å². The Bertz CT molecular complexity index is 1380. The first kappa shape index (κ1) is 28.0. The number of amides is 1. The fraction of sp³-hybridized carbons (Fsp3) is 0.200. The van der Waals surface area contributed by atoms with Gasteiger partial charge < -0.3 is 8.92 Å². The summed E-state index contributed by atoms with van der Waals surface area (Å²) >= 11 is 6.07. The Kier molecular flexibility index (Phi) is 8.82. The molecule has 7 nitrogen and oxygen atoms in total. The Labute approximate surface area is 217 Å². The number of hydrogen-bond donors (Lipinski definition) is 1. The average molecular weight is 555 g/mol. The van der Waals surface area contributed by atoms with Gasteiger partial charge in [0.25, 0.3) is 0 Å². The summed E-state index contributed by atoms with van der Waals surface area (Å²) in [4.78, 5) is 12.0. The van der Waals surface area contributed by atoms with E-state index < -0.39 is 33.4 Å². The lowest BCUT2D eigenvalue weighted by atomic mass is 9.84. The van der Waals surface area contributed by atoms with Crippen molar-refractivity contribution in [3.63, 3.8) is 0 Å². The van der Waals surface area contributed by atoms with Gasteiger partial charge >= 0.3 is 21.7 Å². The van der Waals surface area contributed by atoms with Gasteiger partial charge in [0.2, 0.25) is 0 Å². The second-order valence-electron chi connectivity index (χ2n) is 7.74. The summed E-state index contributed by atoms with van der Waals surface area (Å²) in [5.74, 6) is -1.18. The first-order chi connectivity index (χ1) is 17.4. The van der Waals surface area contributed by atoms with Crippen LogP contribution in [0.4, 0.5) is 18.0 Å². The van der Waals surface area contributed by atoms with E-state index in [-0.39, 0.29) is 6.61 Å². The third-order valence-corrected chi connectivity index (χ3v) is 6.27. The highest BCUT2D eigenvalue weighted by Gasteiger charge is 2.48. The Morgan fingerprint density at radius 2 is 1.62 bits per heavy atom. The molecule has 0 aliphatic carbocycles. The van der Waals surface area contributed by atoms with E-state index in [2.05, 4.69) is 14.7 Å². The van der Waals surface area contributed by atoms with Crippen LogP contribution in [0.25, 0.3) is 0 Å². The second kappa shape index (κ2) is 11.7. The van der Waals surface area contributed by atoms with Gasteiger partial charge in [0.1, 0.15) is 5.75 Å². The largest absolute Gasteiger partial charge is 0.534 e. The van der Waals surface area contributed by atoms with Crippen LogP contribution in [-0.2, 0) is 14.9 Å². The molecular weight excluding hydrogens is 533 g/mol. The summed E-state index contributed by atoms with van der Waals surface area (Å²) < 4.78 is 70.1. The molecule has 196 valence electrons. The van der Waals surface area contributed by atoms with Crippen molar-refractivity contribution in [2.75, 3.05) is 6.61 Å². The molecule has 12 heteroatoms. The van der Waals surface area contributed by atoms with Gasteiger partial charge in [0, 0.05) is 5.02 Å². The third kappa shape index (κ3) is 7.23. The quantitative estimate of drug-likeness (QED) is 0.156. The molecule has 0 aliphatic rings. The Balaban J connectivity index is 2.12. The maximum Gasteiger partial charge on any atom is 0.534 e. The van der Waals surface area contributed by atoms with Gasteiger partial charge in [0.15, 0.2) is 0 Å². The number of halogens is 4. The summed E-state index contributed by atoms with van der Waals surface area (Å²) in [7, 11) is -5.83. The topological polar surface area (TPSA) is 94.1 Å². The molecule has 0 heterocycles. The van der Waals surface area contributed by atoms with Gasteiger partial charge in [-0.15, -0.1) is 0 Å². The molecule has 0 spiro atoms. The van der Waals surface area contributed by atoms with Crippen molar-refractivity contribution in [2.24, 2.45) is 5.10 Å². The monoisotopic (exact) mass is 554 g/mol. The van der Waals surface area contributed by atoms with E-state index in [0.29, 0.717) is 27.4 Å². The molecule has 37 heavy (non-hydrogen) atoms. The zero-order chi connectivity index (χ0) is 27.2. The molecule has 1 N–H and O–H groups in total. The van der Waals surface area contributed by atoms with E-state index in [1.807, 2.05) is 25.1 Å². The van der Waals surface area contributed by atoms with Crippen molar-refractivity contribution in [2.45, 2.75) is 25.3 Å². The van der Waals surface area contributed by atoms with Crippen LogP contribution in [0.3, 0.4) is 0 Å². The molecule has 0 saturated carbocycles. The number of nitrogens with zero attached hydrogens (tertiary/aromatic N) is 1. The first-order valence-electron chi connectivity index (χ1n) is 10.8. The van der Waals surface area contributed by atoms with E-state index in [9.17, 15) is 26.4 Å². The SMILES string of the molecule is CCOC(=O)NN=C(c1cccc(C)c1)C(c1ccc(Cl)cc1)c1ccc(OS(=O)(=O)C(F)(F)F)cc1. The lowest BCUT2D eigenvalue weighted by Crippen LogP contribution is -2.28. The first-order valence-corrected chi connectivity index (χ1v) is 12.6. The number of nitrogens with one attached hydrogen (secondary N) is 1. The van der Waals surface area contributed by atoms with Crippen molar-refractivity contribution >= 4 is 33.5 Å². The zero-order valence-electron chi connectivity index (χ0n) is 19.6. The predicted molar refractivity (Wildman–Crippen MR) is 133 cm³/mol. The molecule has 3 rings (SSSR count). The van der Waals surface area contributed by atoms with Crippen LogP contribution in [-0.4, -0.2) is 32.3 Å². The summed E-state index contributed by atoms with van der Waals surface area (Å²) in [6.45, 7) is 3.65. The highest BCUT2D eigenvalue weighted by atomic mass is 35.5. The van der Waals surface area contributed by atoms with Crippen molar-refractivity contribution in [3.05, 3.63) is 100 Å². The van der Waals surface area contributed by atoms with Crippen LogP contribution >= 0.6 is 11.6 Å². The van der Waals surface area contributed by atoms with Crippen molar-refractivity contribution in [1.29, 1.82) is 0 Å². The van der Waals surface area contributed by atoms with Crippen molar-refractivity contribution in [3.8, 4) is 5.75 Å². The number of rotatable bonds is 8. The maximum atomic E-state index is 12.7. The number of benzene rings is 3. The molecule has 1 unspecified atom stereocenters. The number of aryl methyl sites for hydroxylation is 1. The fourth-order valence-corrected chi connectivity index (χ4v) is 4.01. The van der Waals surface area contributed by atoms with Gasteiger partial charge in [-0.25, -0.2) is 10.2 Å². The highest BCUT2D eigenvalue weighted by molar-refractivity contribution is 7.88. The van der Waals surface area contributed by atoms with Gasteiger partial charge in [0.05, 0.1) is 18.2 Å². The average Bonchev–Trinajstić information content (AvgIpc) is 2.82. The number of carbonyl (C=O) groups is 1. The number of carbonyl (C=O) groups excluding carboxylic acids is 1. The third-order valence-electron chi connectivity index (χ3n) is 5.04. The Morgan fingerprint density at radius 1 is 1.03 bits per heavy atom. The summed E-state index contributed by atoms with van der Waals surface area (Å²) in [6.07, 6.45) is -0.774.